The van der Waals surface area contributed by atoms with Crippen LogP contribution in [-0.4, -0.2) is 9.97 Å². The lowest BCUT2D eigenvalue weighted by Gasteiger charge is -2.15. The molecule has 0 aliphatic carbocycles. The standard InChI is InChI=1S/C12H13Cl2N3/c1-8(17-7-12-15-4-5-16-12)10-6-9(13)2-3-11(10)14/h2-6,8,17H,7H2,1H3,(H,15,16). The van der Waals surface area contributed by atoms with E-state index in [0.29, 0.717) is 16.6 Å². The zero-order chi connectivity index (χ0) is 12.3. The molecule has 2 N–H and O–H groups in total. The number of hydrogen-bond acceptors (Lipinski definition) is 2. The molecule has 0 saturated carbocycles. The van der Waals surface area contributed by atoms with Gasteiger partial charge in [-0.1, -0.05) is 23.2 Å². The molecule has 0 radical (unpaired) electrons. The molecule has 5 heteroatoms. The number of benzene rings is 1. The maximum absolute atomic E-state index is 6.13. The monoisotopic (exact) mass is 269 g/mol. The first kappa shape index (κ1) is 12.4. The molecule has 0 bridgehead atoms. The summed E-state index contributed by atoms with van der Waals surface area (Å²) in [6.07, 6.45) is 3.53. The van der Waals surface area contributed by atoms with Crippen LogP contribution in [0.25, 0.3) is 0 Å². The van der Waals surface area contributed by atoms with Crippen molar-refractivity contribution in [3.63, 3.8) is 0 Å². The molecule has 0 aliphatic rings. The highest BCUT2D eigenvalue weighted by Crippen LogP contribution is 2.26. The zero-order valence-electron chi connectivity index (χ0n) is 9.37. The predicted molar refractivity (Wildman–Crippen MR) is 70.3 cm³/mol. The molecule has 1 unspecified atom stereocenters. The summed E-state index contributed by atoms with van der Waals surface area (Å²) >= 11 is 12.1. The van der Waals surface area contributed by atoms with E-state index < -0.39 is 0 Å². The number of H-pyrrole nitrogens is 1. The smallest absolute Gasteiger partial charge is 0.120 e. The Kier molecular flexibility index (Phi) is 4.05. The van der Waals surface area contributed by atoms with Crippen LogP contribution in [0.4, 0.5) is 0 Å². The van der Waals surface area contributed by atoms with Crippen LogP contribution < -0.4 is 5.32 Å². The largest absolute Gasteiger partial charge is 0.348 e. The Hall–Kier alpha value is -1.03. The Bertz CT molecular complexity index is 483. The summed E-state index contributed by atoms with van der Waals surface area (Å²) in [5.41, 5.74) is 0.991. The first-order chi connectivity index (χ1) is 8.16. The number of rotatable bonds is 4. The van der Waals surface area contributed by atoms with E-state index >= 15 is 0 Å². The molecule has 0 saturated heterocycles. The maximum atomic E-state index is 6.13. The van der Waals surface area contributed by atoms with Crippen LogP contribution in [0.2, 0.25) is 10.0 Å². The summed E-state index contributed by atoms with van der Waals surface area (Å²) in [4.78, 5) is 7.18. The number of aromatic nitrogens is 2. The van der Waals surface area contributed by atoms with E-state index in [2.05, 4.69) is 15.3 Å². The van der Waals surface area contributed by atoms with Crippen molar-refractivity contribution < 1.29 is 0 Å². The second-order valence-corrected chi connectivity index (χ2v) is 4.65. The first-order valence-electron chi connectivity index (χ1n) is 5.33. The number of aromatic amines is 1. The normalized spacial score (nSPS) is 12.6. The summed E-state index contributed by atoms with van der Waals surface area (Å²) in [7, 11) is 0. The summed E-state index contributed by atoms with van der Waals surface area (Å²) < 4.78 is 0. The van der Waals surface area contributed by atoms with Crippen LogP contribution >= 0.6 is 23.2 Å². The molecule has 0 spiro atoms. The van der Waals surface area contributed by atoms with Gasteiger partial charge in [0.2, 0.25) is 0 Å². The average molecular weight is 270 g/mol. The second-order valence-electron chi connectivity index (χ2n) is 3.80. The average Bonchev–Trinajstić information content (AvgIpc) is 2.82. The van der Waals surface area contributed by atoms with Crippen LogP contribution in [-0.2, 0) is 6.54 Å². The summed E-state index contributed by atoms with van der Waals surface area (Å²) in [6, 6.07) is 5.59. The van der Waals surface area contributed by atoms with E-state index in [9.17, 15) is 0 Å². The van der Waals surface area contributed by atoms with Gasteiger partial charge in [-0.05, 0) is 30.7 Å². The number of imidazole rings is 1. The highest BCUT2D eigenvalue weighted by atomic mass is 35.5. The van der Waals surface area contributed by atoms with Gasteiger partial charge < -0.3 is 10.3 Å². The minimum Gasteiger partial charge on any atom is -0.348 e. The molecular weight excluding hydrogens is 257 g/mol. The fourth-order valence-electron chi connectivity index (χ4n) is 1.60. The van der Waals surface area contributed by atoms with Crippen LogP contribution in [0, 0.1) is 0 Å². The minimum atomic E-state index is 0.117. The van der Waals surface area contributed by atoms with E-state index in [1.807, 2.05) is 19.1 Å². The van der Waals surface area contributed by atoms with Gasteiger partial charge >= 0.3 is 0 Å². The van der Waals surface area contributed by atoms with Gasteiger partial charge in [-0.15, -0.1) is 0 Å². The Morgan fingerprint density at radius 2 is 2.24 bits per heavy atom. The van der Waals surface area contributed by atoms with Gasteiger partial charge in [-0.25, -0.2) is 4.98 Å². The van der Waals surface area contributed by atoms with Gasteiger partial charge in [0.15, 0.2) is 0 Å². The fourth-order valence-corrected chi connectivity index (χ4v) is 2.06. The Morgan fingerprint density at radius 3 is 2.94 bits per heavy atom. The molecule has 17 heavy (non-hydrogen) atoms. The molecule has 0 aliphatic heterocycles. The van der Waals surface area contributed by atoms with Gasteiger partial charge in [0.05, 0.1) is 6.54 Å². The van der Waals surface area contributed by atoms with E-state index in [1.165, 1.54) is 0 Å². The van der Waals surface area contributed by atoms with Gasteiger partial charge in [0, 0.05) is 28.5 Å². The lowest BCUT2D eigenvalue weighted by atomic mass is 10.1. The maximum Gasteiger partial charge on any atom is 0.120 e. The molecule has 0 fully saturated rings. The van der Waals surface area contributed by atoms with Crippen molar-refractivity contribution in [2.45, 2.75) is 19.5 Å². The Morgan fingerprint density at radius 1 is 1.41 bits per heavy atom. The zero-order valence-corrected chi connectivity index (χ0v) is 10.9. The molecule has 1 heterocycles. The third-order valence-electron chi connectivity index (χ3n) is 2.56. The summed E-state index contributed by atoms with van der Waals surface area (Å²) in [5, 5.41) is 4.74. The van der Waals surface area contributed by atoms with E-state index in [-0.39, 0.29) is 6.04 Å². The molecular formula is C12H13Cl2N3. The quantitative estimate of drug-likeness (QED) is 0.891. The van der Waals surface area contributed by atoms with Crippen molar-refractivity contribution >= 4 is 23.2 Å². The number of halogens is 2. The lowest BCUT2D eigenvalue weighted by molar-refractivity contribution is 0.562. The van der Waals surface area contributed by atoms with E-state index in [0.717, 1.165) is 11.4 Å². The van der Waals surface area contributed by atoms with Crippen LogP contribution in [0.1, 0.15) is 24.4 Å². The lowest BCUT2D eigenvalue weighted by Crippen LogP contribution is -2.19. The highest BCUT2D eigenvalue weighted by molar-refractivity contribution is 6.33. The van der Waals surface area contributed by atoms with Crippen molar-refractivity contribution in [3.05, 3.63) is 52.0 Å². The van der Waals surface area contributed by atoms with Crippen LogP contribution in [0.15, 0.2) is 30.6 Å². The minimum absolute atomic E-state index is 0.117. The Balaban J connectivity index is 2.04. The summed E-state index contributed by atoms with van der Waals surface area (Å²) in [6.45, 7) is 2.71. The molecule has 90 valence electrons. The van der Waals surface area contributed by atoms with Gasteiger partial charge in [0.1, 0.15) is 5.82 Å². The van der Waals surface area contributed by atoms with Crippen molar-refractivity contribution in [1.29, 1.82) is 0 Å². The van der Waals surface area contributed by atoms with E-state index in [1.54, 1.807) is 18.5 Å². The topological polar surface area (TPSA) is 40.7 Å². The molecule has 0 amide bonds. The van der Waals surface area contributed by atoms with E-state index in [4.69, 9.17) is 23.2 Å². The third kappa shape index (κ3) is 3.22. The van der Waals surface area contributed by atoms with Crippen molar-refractivity contribution in [2.24, 2.45) is 0 Å². The Labute approximate surface area is 110 Å². The second kappa shape index (κ2) is 5.54. The van der Waals surface area contributed by atoms with Crippen molar-refractivity contribution in [2.75, 3.05) is 0 Å². The van der Waals surface area contributed by atoms with Crippen molar-refractivity contribution in [1.82, 2.24) is 15.3 Å². The molecule has 2 aromatic rings. The van der Waals surface area contributed by atoms with Crippen LogP contribution in [0.5, 0.6) is 0 Å². The molecule has 1 atom stereocenters. The number of hydrogen-bond donors (Lipinski definition) is 2. The highest BCUT2D eigenvalue weighted by Gasteiger charge is 2.10. The fraction of sp³-hybridized carbons (Fsp3) is 0.250. The number of nitrogens with one attached hydrogen (secondary N) is 2. The van der Waals surface area contributed by atoms with Crippen LogP contribution in [0.3, 0.4) is 0 Å². The molecule has 3 nitrogen and oxygen atoms in total. The van der Waals surface area contributed by atoms with Gasteiger partial charge in [0.25, 0.3) is 0 Å². The predicted octanol–water partition coefficient (Wildman–Crippen LogP) is 3.57. The van der Waals surface area contributed by atoms with Crippen molar-refractivity contribution in [3.8, 4) is 0 Å². The van der Waals surface area contributed by atoms with Gasteiger partial charge in [-0.3, -0.25) is 0 Å². The number of nitrogens with zero attached hydrogens (tertiary/aromatic N) is 1. The summed E-state index contributed by atoms with van der Waals surface area (Å²) in [5.74, 6) is 0.898. The molecule has 1 aromatic carbocycles. The first-order valence-corrected chi connectivity index (χ1v) is 6.09. The van der Waals surface area contributed by atoms with Gasteiger partial charge in [-0.2, -0.15) is 0 Å². The molecule has 1 aromatic heterocycles. The third-order valence-corrected chi connectivity index (χ3v) is 3.13. The SMILES string of the molecule is CC(NCc1ncc[nH]1)c1cc(Cl)ccc1Cl. The molecule has 2 rings (SSSR count).